The van der Waals surface area contributed by atoms with Crippen LogP contribution in [0.25, 0.3) is 10.2 Å². The smallest absolute Gasteiger partial charge is 0.230 e. The lowest BCUT2D eigenvalue weighted by atomic mass is 10.2. The topological polar surface area (TPSA) is 98.7 Å². The van der Waals surface area contributed by atoms with E-state index in [-0.39, 0.29) is 29.5 Å². The number of thiazole rings is 1. The molecular weight excluding hydrogens is 486 g/mol. The lowest BCUT2D eigenvalue weighted by Gasteiger charge is -2.20. The zero-order valence-electron chi connectivity index (χ0n) is 19.6. The molecule has 35 heavy (non-hydrogen) atoms. The van der Waals surface area contributed by atoms with E-state index in [0.717, 1.165) is 15.8 Å². The molecule has 0 saturated carbocycles. The molecule has 0 fully saturated rings. The SMILES string of the molecule is COc1ccc(S(=O)(=O)CCC(=O)N(Cc2ccncc2)c2nc3c(OC)ccc(C)c3s2)cc1. The third-order valence-electron chi connectivity index (χ3n) is 5.54. The van der Waals surface area contributed by atoms with Gasteiger partial charge in [0.2, 0.25) is 5.91 Å². The number of benzene rings is 2. The average Bonchev–Trinajstić information content (AvgIpc) is 3.33. The van der Waals surface area contributed by atoms with Crippen molar-refractivity contribution >= 4 is 42.4 Å². The van der Waals surface area contributed by atoms with Gasteiger partial charge in [0.1, 0.15) is 17.0 Å². The number of carbonyl (C=O) groups is 1. The molecule has 182 valence electrons. The van der Waals surface area contributed by atoms with E-state index in [1.54, 1.807) is 31.6 Å². The summed E-state index contributed by atoms with van der Waals surface area (Å²) in [6, 6.07) is 13.5. The monoisotopic (exact) mass is 511 g/mol. The van der Waals surface area contributed by atoms with Gasteiger partial charge in [-0.05, 0) is 60.5 Å². The van der Waals surface area contributed by atoms with Gasteiger partial charge in [-0.25, -0.2) is 13.4 Å². The molecule has 2 aromatic carbocycles. The van der Waals surface area contributed by atoms with Gasteiger partial charge in [0.15, 0.2) is 15.0 Å². The summed E-state index contributed by atoms with van der Waals surface area (Å²) in [6.07, 6.45) is 3.11. The molecule has 2 aromatic heterocycles. The molecule has 0 aliphatic heterocycles. The summed E-state index contributed by atoms with van der Waals surface area (Å²) in [7, 11) is -0.572. The Hall–Kier alpha value is -3.50. The summed E-state index contributed by atoms with van der Waals surface area (Å²) in [5, 5.41) is 0.483. The highest BCUT2D eigenvalue weighted by molar-refractivity contribution is 7.91. The molecule has 0 N–H and O–H groups in total. The van der Waals surface area contributed by atoms with Crippen LogP contribution in [-0.2, 0) is 21.2 Å². The van der Waals surface area contributed by atoms with E-state index in [1.807, 2.05) is 31.2 Å². The molecule has 0 unspecified atom stereocenters. The van der Waals surface area contributed by atoms with E-state index in [1.165, 1.54) is 35.5 Å². The number of aromatic nitrogens is 2. The number of aryl methyl sites for hydroxylation is 1. The minimum Gasteiger partial charge on any atom is -0.497 e. The first-order valence-electron chi connectivity index (χ1n) is 10.8. The van der Waals surface area contributed by atoms with Crippen LogP contribution in [-0.4, -0.2) is 44.3 Å². The number of fused-ring (bicyclic) bond motifs is 1. The molecule has 0 radical (unpaired) electrons. The zero-order valence-corrected chi connectivity index (χ0v) is 21.2. The second kappa shape index (κ2) is 10.4. The normalized spacial score (nSPS) is 11.4. The zero-order chi connectivity index (χ0) is 25.0. The third kappa shape index (κ3) is 5.44. The predicted octanol–water partition coefficient (Wildman–Crippen LogP) is 4.41. The molecule has 4 aromatic rings. The van der Waals surface area contributed by atoms with E-state index in [9.17, 15) is 13.2 Å². The first kappa shape index (κ1) is 24.6. The summed E-state index contributed by atoms with van der Waals surface area (Å²) in [6.45, 7) is 2.21. The van der Waals surface area contributed by atoms with Crippen LogP contribution in [0.5, 0.6) is 11.5 Å². The summed E-state index contributed by atoms with van der Waals surface area (Å²) in [4.78, 5) is 23.8. The fourth-order valence-corrected chi connectivity index (χ4v) is 5.87. The number of sulfone groups is 1. The second-order valence-corrected chi connectivity index (χ2v) is 10.9. The Balaban J connectivity index is 1.63. The van der Waals surface area contributed by atoms with Crippen LogP contribution in [0.15, 0.2) is 65.8 Å². The Kier molecular flexibility index (Phi) is 7.32. The van der Waals surface area contributed by atoms with Gasteiger partial charge >= 0.3 is 0 Å². The lowest BCUT2D eigenvalue weighted by Crippen LogP contribution is -2.31. The third-order valence-corrected chi connectivity index (χ3v) is 8.48. The number of anilines is 1. The number of carbonyl (C=O) groups excluding carboxylic acids is 1. The first-order chi connectivity index (χ1) is 16.8. The number of hydrogen-bond acceptors (Lipinski definition) is 8. The van der Waals surface area contributed by atoms with E-state index in [4.69, 9.17) is 14.5 Å². The quantitative estimate of drug-likeness (QED) is 0.328. The number of hydrogen-bond donors (Lipinski definition) is 0. The number of ether oxygens (including phenoxy) is 2. The van der Waals surface area contributed by atoms with Gasteiger partial charge in [-0.3, -0.25) is 14.7 Å². The van der Waals surface area contributed by atoms with Gasteiger partial charge in [-0.1, -0.05) is 17.4 Å². The number of methoxy groups -OCH3 is 2. The summed E-state index contributed by atoms with van der Waals surface area (Å²) >= 11 is 1.38. The molecule has 4 rings (SSSR count). The molecule has 8 nitrogen and oxygen atoms in total. The molecule has 1 amide bonds. The Morgan fingerprint density at radius 1 is 1.00 bits per heavy atom. The molecule has 2 heterocycles. The highest BCUT2D eigenvalue weighted by Gasteiger charge is 2.24. The van der Waals surface area contributed by atoms with Crippen molar-refractivity contribution in [2.75, 3.05) is 24.9 Å². The van der Waals surface area contributed by atoms with Gasteiger partial charge in [0.05, 0.1) is 36.1 Å². The molecule has 0 bridgehead atoms. The fourth-order valence-electron chi connectivity index (χ4n) is 3.57. The number of pyridine rings is 1. The van der Waals surface area contributed by atoms with Crippen molar-refractivity contribution in [3.63, 3.8) is 0 Å². The van der Waals surface area contributed by atoms with E-state index in [0.29, 0.717) is 22.1 Å². The van der Waals surface area contributed by atoms with Crippen molar-refractivity contribution in [3.8, 4) is 11.5 Å². The molecule has 0 spiro atoms. The van der Waals surface area contributed by atoms with Crippen LogP contribution in [0, 0.1) is 6.92 Å². The van der Waals surface area contributed by atoms with E-state index >= 15 is 0 Å². The van der Waals surface area contributed by atoms with Gasteiger partial charge in [0.25, 0.3) is 0 Å². The fraction of sp³-hybridized carbons (Fsp3) is 0.240. The largest absolute Gasteiger partial charge is 0.497 e. The van der Waals surface area contributed by atoms with E-state index < -0.39 is 9.84 Å². The van der Waals surface area contributed by atoms with Gasteiger partial charge in [-0.15, -0.1) is 0 Å². The summed E-state index contributed by atoms with van der Waals surface area (Å²) in [5.41, 5.74) is 2.54. The summed E-state index contributed by atoms with van der Waals surface area (Å²) in [5.74, 6) is 0.518. The number of rotatable bonds is 9. The number of amides is 1. The van der Waals surface area contributed by atoms with Crippen LogP contribution in [0.3, 0.4) is 0 Å². The molecule has 10 heteroatoms. The maximum absolute atomic E-state index is 13.4. The Morgan fingerprint density at radius 2 is 1.71 bits per heavy atom. The van der Waals surface area contributed by atoms with Crippen LogP contribution in [0.2, 0.25) is 0 Å². The van der Waals surface area contributed by atoms with Crippen molar-refractivity contribution in [1.82, 2.24) is 9.97 Å². The van der Waals surface area contributed by atoms with Crippen molar-refractivity contribution < 1.29 is 22.7 Å². The second-order valence-electron chi connectivity index (χ2n) is 7.84. The van der Waals surface area contributed by atoms with Gasteiger partial charge in [0, 0.05) is 18.8 Å². The Bertz CT molecular complexity index is 1440. The van der Waals surface area contributed by atoms with Crippen LogP contribution in [0.1, 0.15) is 17.5 Å². The van der Waals surface area contributed by atoms with Crippen molar-refractivity contribution in [2.45, 2.75) is 24.8 Å². The van der Waals surface area contributed by atoms with Crippen molar-refractivity contribution in [1.29, 1.82) is 0 Å². The van der Waals surface area contributed by atoms with Crippen LogP contribution >= 0.6 is 11.3 Å². The first-order valence-corrected chi connectivity index (χ1v) is 13.3. The van der Waals surface area contributed by atoms with Crippen molar-refractivity contribution in [3.05, 3.63) is 72.1 Å². The molecule has 0 aliphatic rings. The van der Waals surface area contributed by atoms with E-state index in [2.05, 4.69) is 4.98 Å². The van der Waals surface area contributed by atoms with Crippen LogP contribution < -0.4 is 14.4 Å². The van der Waals surface area contributed by atoms with Crippen molar-refractivity contribution in [2.24, 2.45) is 0 Å². The van der Waals surface area contributed by atoms with Gasteiger partial charge in [-0.2, -0.15) is 0 Å². The highest BCUT2D eigenvalue weighted by Crippen LogP contribution is 2.37. The minimum absolute atomic E-state index is 0.145. The number of nitrogens with zero attached hydrogens (tertiary/aromatic N) is 3. The van der Waals surface area contributed by atoms with Crippen LogP contribution in [0.4, 0.5) is 5.13 Å². The lowest BCUT2D eigenvalue weighted by molar-refractivity contribution is -0.118. The average molecular weight is 512 g/mol. The predicted molar refractivity (Wildman–Crippen MR) is 136 cm³/mol. The standard InChI is InChI=1S/C25H25N3O5S2/c1-17-4-9-21(33-3)23-24(17)34-25(27-23)28(16-18-10-13-26-14-11-18)22(29)12-15-35(30,31)20-7-5-19(32-2)6-8-20/h4-11,13-14H,12,15-16H2,1-3H3. The maximum Gasteiger partial charge on any atom is 0.230 e. The molecule has 0 atom stereocenters. The minimum atomic E-state index is -3.66. The summed E-state index contributed by atoms with van der Waals surface area (Å²) < 4.78 is 37.2. The molecule has 0 saturated heterocycles. The maximum atomic E-state index is 13.4. The molecular formula is C25H25N3O5S2. The molecule has 0 aliphatic carbocycles. The highest BCUT2D eigenvalue weighted by atomic mass is 32.2. The van der Waals surface area contributed by atoms with Gasteiger partial charge < -0.3 is 9.47 Å². The Morgan fingerprint density at radius 3 is 2.37 bits per heavy atom. The Labute approximate surface area is 208 Å².